The Bertz CT molecular complexity index is 52.0. The quantitative estimate of drug-likeness (QED) is 0.505. The van der Waals surface area contributed by atoms with Gasteiger partial charge in [-0.05, 0) is 6.42 Å². The van der Waals surface area contributed by atoms with Gasteiger partial charge in [-0.25, -0.2) is 0 Å². The Labute approximate surface area is 44.2 Å². The largest absolute Gasteiger partial charge is 0.323 e. The van der Waals surface area contributed by atoms with Crippen molar-refractivity contribution in [1.82, 2.24) is 0 Å². The first-order chi connectivity index (χ1) is 3.31. The summed E-state index contributed by atoms with van der Waals surface area (Å²) in [5, 5.41) is 6.66. The second-order valence-corrected chi connectivity index (χ2v) is 1.62. The summed E-state index contributed by atoms with van der Waals surface area (Å²) in [6.07, 6.45) is 3.28. The average molecular weight is 100 g/mol. The molecular formula is C5H12N2. The van der Waals surface area contributed by atoms with Crippen LogP contribution in [0.25, 0.3) is 0 Å². The first kappa shape index (κ1) is 6.63. The van der Waals surface area contributed by atoms with Crippen molar-refractivity contribution in [3.63, 3.8) is 0 Å². The van der Waals surface area contributed by atoms with Crippen LogP contribution in [-0.4, -0.2) is 12.3 Å². The fourth-order valence-electron chi connectivity index (χ4n) is 0.417. The maximum atomic E-state index is 6.66. The molecule has 2 heteroatoms. The lowest BCUT2D eigenvalue weighted by atomic mass is 10.2. The summed E-state index contributed by atoms with van der Waals surface area (Å²) in [6, 6.07) is -0.00926. The molecule has 0 rings (SSSR count). The van der Waals surface area contributed by atoms with E-state index in [4.69, 9.17) is 11.1 Å². The second-order valence-electron chi connectivity index (χ2n) is 1.62. The highest BCUT2D eigenvalue weighted by atomic mass is 14.6. The highest BCUT2D eigenvalue weighted by Crippen LogP contribution is 1.87. The van der Waals surface area contributed by atoms with E-state index in [1.54, 1.807) is 0 Å². The summed E-state index contributed by atoms with van der Waals surface area (Å²) < 4.78 is 0. The number of nitrogens with one attached hydrogen (secondary N) is 1. The van der Waals surface area contributed by atoms with Crippen LogP contribution in [0.1, 0.15) is 19.8 Å². The normalized spacial score (nSPS) is 13.4. The molecule has 0 saturated heterocycles. The van der Waals surface area contributed by atoms with E-state index in [2.05, 4.69) is 6.92 Å². The van der Waals surface area contributed by atoms with Crippen molar-refractivity contribution in [3.8, 4) is 0 Å². The molecule has 0 unspecified atom stereocenters. The van der Waals surface area contributed by atoms with Gasteiger partial charge in [-0.1, -0.05) is 13.3 Å². The highest BCUT2D eigenvalue weighted by molar-refractivity contribution is 5.59. The maximum Gasteiger partial charge on any atom is 0.0392 e. The zero-order valence-electron chi connectivity index (χ0n) is 4.65. The van der Waals surface area contributed by atoms with Crippen LogP contribution in [0.2, 0.25) is 0 Å². The minimum atomic E-state index is -0.00926. The van der Waals surface area contributed by atoms with Gasteiger partial charge in [0.05, 0.1) is 0 Å². The predicted molar refractivity (Wildman–Crippen MR) is 31.7 cm³/mol. The van der Waals surface area contributed by atoms with Gasteiger partial charge in [0.25, 0.3) is 0 Å². The van der Waals surface area contributed by atoms with Crippen molar-refractivity contribution in [2.75, 3.05) is 0 Å². The van der Waals surface area contributed by atoms with Gasteiger partial charge in [-0.2, -0.15) is 0 Å². The van der Waals surface area contributed by atoms with Crippen LogP contribution in [0.3, 0.4) is 0 Å². The van der Waals surface area contributed by atoms with E-state index in [0.29, 0.717) is 0 Å². The molecule has 0 spiro atoms. The average Bonchev–Trinajstić information content (AvgIpc) is 1.68. The van der Waals surface area contributed by atoms with Crippen LogP contribution in [-0.2, 0) is 0 Å². The fourth-order valence-corrected chi connectivity index (χ4v) is 0.417. The van der Waals surface area contributed by atoms with Crippen molar-refractivity contribution in [2.45, 2.75) is 25.8 Å². The summed E-state index contributed by atoms with van der Waals surface area (Å²) >= 11 is 0. The molecule has 42 valence electrons. The van der Waals surface area contributed by atoms with Gasteiger partial charge < -0.3 is 11.1 Å². The van der Waals surface area contributed by atoms with E-state index in [1.165, 1.54) is 6.21 Å². The molecule has 0 aliphatic rings. The lowest BCUT2D eigenvalue weighted by Crippen LogP contribution is -2.19. The molecule has 0 aromatic carbocycles. The van der Waals surface area contributed by atoms with Crippen molar-refractivity contribution >= 4 is 6.21 Å². The van der Waals surface area contributed by atoms with Crippen LogP contribution >= 0.6 is 0 Å². The summed E-state index contributed by atoms with van der Waals surface area (Å²) in [5.41, 5.74) is 5.34. The Balaban J connectivity index is 2.98. The van der Waals surface area contributed by atoms with Gasteiger partial charge in [0.2, 0.25) is 0 Å². The minimum absolute atomic E-state index is 0.00926. The van der Waals surface area contributed by atoms with Crippen LogP contribution in [0.4, 0.5) is 0 Å². The van der Waals surface area contributed by atoms with Gasteiger partial charge in [0, 0.05) is 12.3 Å². The number of hydrogen-bond acceptors (Lipinski definition) is 2. The molecule has 0 aromatic heterocycles. The van der Waals surface area contributed by atoms with E-state index in [9.17, 15) is 0 Å². The molecule has 0 aliphatic carbocycles. The van der Waals surface area contributed by atoms with Gasteiger partial charge in [0.15, 0.2) is 0 Å². The molecule has 0 amide bonds. The molecule has 0 bridgehead atoms. The molecule has 3 N–H and O–H groups in total. The lowest BCUT2D eigenvalue weighted by molar-refractivity contribution is 0.738. The molecule has 1 atom stereocenters. The zero-order chi connectivity index (χ0) is 5.70. The summed E-state index contributed by atoms with van der Waals surface area (Å²) in [4.78, 5) is 0. The molecule has 0 saturated carbocycles. The first-order valence-electron chi connectivity index (χ1n) is 2.57. The summed E-state index contributed by atoms with van der Waals surface area (Å²) in [7, 11) is 0. The molecule has 2 nitrogen and oxygen atoms in total. The third kappa shape index (κ3) is 3.46. The van der Waals surface area contributed by atoms with E-state index >= 15 is 0 Å². The first-order valence-corrected chi connectivity index (χ1v) is 2.57. The van der Waals surface area contributed by atoms with E-state index < -0.39 is 0 Å². The number of nitrogens with two attached hydrogens (primary N) is 1. The van der Waals surface area contributed by atoms with E-state index in [1.807, 2.05) is 0 Å². The molecule has 0 fully saturated rings. The maximum absolute atomic E-state index is 6.66. The van der Waals surface area contributed by atoms with Crippen molar-refractivity contribution < 1.29 is 0 Å². The monoisotopic (exact) mass is 100 g/mol. The van der Waals surface area contributed by atoms with Gasteiger partial charge in [-0.15, -0.1) is 0 Å². The van der Waals surface area contributed by atoms with Gasteiger partial charge in [0.1, 0.15) is 0 Å². The Hall–Kier alpha value is -0.370. The third-order valence-electron chi connectivity index (χ3n) is 0.836. The minimum Gasteiger partial charge on any atom is -0.323 e. The van der Waals surface area contributed by atoms with Crippen LogP contribution in [0.15, 0.2) is 0 Å². The topological polar surface area (TPSA) is 49.9 Å². The second kappa shape index (κ2) is 3.81. The standard InChI is InChI=1S/C5H12N2/c1-2-3-5(7)4-6/h4-6H,2-3,7H2,1H3/t5-/m0/s1. The SMILES string of the molecule is CCC[C@H](N)C=N. The Morgan fingerprint density at radius 1 is 1.86 bits per heavy atom. The molecule has 0 heterocycles. The van der Waals surface area contributed by atoms with Crippen LogP contribution in [0, 0.1) is 5.41 Å². The zero-order valence-corrected chi connectivity index (χ0v) is 4.65. The Morgan fingerprint density at radius 2 is 2.43 bits per heavy atom. The lowest BCUT2D eigenvalue weighted by Gasteiger charge is -1.97. The molecule has 7 heavy (non-hydrogen) atoms. The molecule has 0 aliphatic heterocycles. The molecule has 0 aromatic rings. The van der Waals surface area contributed by atoms with Crippen molar-refractivity contribution in [1.29, 1.82) is 5.41 Å². The van der Waals surface area contributed by atoms with Crippen LogP contribution < -0.4 is 5.73 Å². The van der Waals surface area contributed by atoms with Crippen molar-refractivity contribution in [2.24, 2.45) is 5.73 Å². The smallest absolute Gasteiger partial charge is 0.0392 e. The molecular weight excluding hydrogens is 88.1 g/mol. The Morgan fingerprint density at radius 3 is 2.57 bits per heavy atom. The highest BCUT2D eigenvalue weighted by Gasteiger charge is 1.90. The van der Waals surface area contributed by atoms with E-state index in [-0.39, 0.29) is 6.04 Å². The van der Waals surface area contributed by atoms with Gasteiger partial charge >= 0.3 is 0 Å². The predicted octanol–water partition coefficient (Wildman–Crippen LogP) is 0.763. The number of rotatable bonds is 3. The van der Waals surface area contributed by atoms with Crippen molar-refractivity contribution in [3.05, 3.63) is 0 Å². The third-order valence-corrected chi connectivity index (χ3v) is 0.836. The number of hydrogen-bond donors (Lipinski definition) is 2. The Kier molecular flexibility index (Phi) is 3.61. The molecule has 0 radical (unpaired) electrons. The fraction of sp³-hybridized carbons (Fsp3) is 0.800. The van der Waals surface area contributed by atoms with E-state index in [0.717, 1.165) is 12.8 Å². The summed E-state index contributed by atoms with van der Waals surface area (Å²) in [6.45, 7) is 2.06. The van der Waals surface area contributed by atoms with Gasteiger partial charge in [-0.3, -0.25) is 0 Å². The summed E-state index contributed by atoms with van der Waals surface area (Å²) in [5.74, 6) is 0. The van der Waals surface area contributed by atoms with Crippen LogP contribution in [0.5, 0.6) is 0 Å².